The van der Waals surface area contributed by atoms with Gasteiger partial charge in [-0.05, 0) is 59.9 Å². The van der Waals surface area contributed by atoms with Gasteiger partial charge in [0.2, 0.25) is 5.91 Å². The van der Waals surface area contributed by atoms with Crippen molar-refractivity contribution in [2.24, 2.45) is 0 Å². The third kappa shape index (κ3) is 4.22. The van der Waals surface area contributed by atoms with E-state index in [-0.39, 0.29) is 17.6 Å². The molecule has 1 amide bonds. The lowest BCUT2D eigenvalue weighted by Gasteiger charge is -2.34. The van der Waals surface area contributed by atoms with Crippen LogP contribution in [0.4, 0.5) is 11.4 Å². The van der Waals surface area contributed by atoms with Crippen molar-refractivity contribution in [3.8, 4) is 11.5 Å². The van der Waals surface area contributed by atoms with Gasteiger partial charge in [0.15, 0.2) is 17.3 Å². The lowest BCUT2D eigenvalue weighted by atomic mass is 9.78. The monoisotopic (exact) mass is 502 g/mol. The van der Waals surface area contributed by atoms with Crippen molar-refractivity contribution in [3.63, 3.8) is 0 Å². The molecule has 2 aliphatic rings. The number of ketones is 1. The zero-order chi connectivity index (χ0) is 25.4. The number of hydrogen-bond acceptors (Lipinski definition) is 5. The van der Waals surface area contributed by atoms with Gasteiger partial charge in [-0.25, -0.2) is 0 Å². The number of fused-ring (bicyclic) bond motifs is 1. The highest BCUT2D eigenvalue weighted by Crippen LogP contribution is 2.48. The second-order valence-corrected chi connectivity index (χ2v) is 9.46. The van der Waals surface area contributed by atoms with Crippen LogP contribution in [-0.4, -0.2) is 25.9 Å². The number of amides is 1. The van der Waals surface area contributed by atoms with Gasteiger partial charge in [0, 0.05) is 29.6 Å². The third-order valence-corrected chi connectivity index (χ3v) is 7.14. The largest absolute Gasteiger partial charge is 0.493 e. The first kappa shape index (κ1) is 23.9. The number of nitrogens with zero attached hydrogens (tertiary/aromatic N) is 1. The number of Topliss-reactive ketones (excluding diaryl/α,β-unsaturated/α-hetero) is 1. The maximum atomic E-state index is 13.9. The van der Waals surface area contributed by atoms with E-state index in [2.05, 4.69) is 5.32 Å². The average molecular weight is 503 g/mol. The molecule has 1 aliphatic heterocycles. The number of anilines is 2. The predicted molar refractivity (Wildman–Crippen MR) is 141 cm³/mol. The van der Waals surface area contributed by atoms with Gasteiger partial charge in [0.05, 0.1) is 31.6 Å². The maximum absolute atomic E-state index is 13.9. The van der Waals surface area contributed by atoms with Crippen LogP contribution in [0.25, 0.3) is 0 Å². The highest BCUT2D eigenvalue weighted by molar-refractivity contribution is 6.30. The topological polar surface area (TPSA) is 67.9 Å². The molecule has 0 fully saturated rings. The Bertz CT molecular complexity index is 1370. The van der Waals surface area contributed by atoms with Crippen LogP contribution in [0.15, 0.2) is 78.0 Å². The van der Waals surface area contributed by atoms with Crippen molar-refractivity contribution < 1.29 is 19.1 Å². The molecule has 3 aromatic rings. The lowest BCUT2D eigenvalue weighted by molar-refractivity contribution is -0.117. The van der Waals surface area contributed by atoms with Gasteiger partial charge in [0.1, 0.15) is 0 Å². The third-order valence-electron chi connectivity index (χ3n) is 6.89. The zero-order valence-corrected chi connectivity index (χ0v) is 21.1. The summed E-state index contributed by atoms with van der Waals surface area (Å²) in [4.78, 5) is 28.7. The second kappa shape index (κ2) is 9.70. The number of benzene rings is 3. The number of nitrogens with one attached hydrogen (secondary N) is 1. The Hall–Kier alpha value is -3.77. The highest BCUT2D eigenvalue weighted by Gasteiger charge is 2.40. The minimum atomic E-state index is -0.565. The summed E-state index contributed by atoms with van der Waals surface area (Å²) in [6.07, 6.45) is 0.933. The maximum Gasteiger partial charge on any atom is 0.224 e. The smallest absolute Gasteiger partial charge is 0.224 e. The molecule has 0 bridgehead atoms. The molecule has 0 radical (unpaired) electrons. The van der Waals surface area contributed by atoms with E-state index in [1.807, 2.05) is 54.6 Å². The molecular weight excluding hydrogens is 476 g/mol. The Morgan fingerprint density at radius 3 is 2.33 bits per heavy atom. The summed E-state index contributed by atoms with van der Waals surface area (Å²) >= 11 is 6.17. The second-order valence-electron chi connectivity index (χ2n) is 9.02. The van der Waals surface area contributed by atoms with Crippen LogP contribution in [0.2, 0.25) is 5.02 Å². The number of para-hydroxylation sites is 2. The van der Waals surface area contributed by atoms with Crippen LogP contribution < -0.4 is 19.7 Å². The number of ether oxygens (including phenoxy) is 2. The van der Waals surface area contributed by atoms with Crippen LogP contribution in [0, 0.1) is 0 Å². The van der Waals surface area contributed by atoms with E-state index in [1.54, 1.807) is 31.3 Å². The highest BCUT2D eigenvalue weighted by atomic mass is 35.5. The standard InChI is InChI=1S/C29H27ClN2O4/c1-17(33)32-24-7-5-4-6-22(24)31-23-14-20(19-10-13-26(35-2)27(16-19)36-3)15-25(34)28(23)29(32)18-8-11-21(30)12-9-18/h4-13,16,20,29,31H,14-15H2,1-3H3/t20-,29-/m0/s1. The van der Waals surface area contributed by atoms with Gasteiger partial charge < -0.3 is 14.8 Å². The first-order chi connectivity index (χ1) is 17.4. The number of carbonyl (C=O) groups is 2. The molecule has 6 nitrogen and oxygen atoms in total. The first-order valence-electron chi connectivity index (χ1n) is 11.8. The SMILES string of the molecule is COc1ccc([C@@H]2CC(=O)C3=C(C2)Nc2ccccc2N(C(C)=O)[C@H]3c2ccc(Cl)cc2)cc1OC. The molecule has 0 aromatic heterocycles. The predicted octanol–water partition coefficient (Wildman–Crippen LogP) is 6.28. The fourth-order valence-corrected chi connectivity index (χ4v) is 5.37. The fourth-order valence-electron chi connectivity index (χ4n) is 5.24. The van der Waals surface area contributed by atoms with Crippen LogP contribution in [0.5, 0.6) is 11.5 Å². The van der Waals surface area contributed by atoms with E-state index in [1.165, 1.54) is 6.92 Å². The summed E-state index contributed by atoms with van der Waals surface area (Å²) in [7, 11) is 3.20. The van der Waals surface area contributed by atoms with E-state index < -0.39 is 6.04 Å². The molecule has 36 heavy (non-hydrogen) atoms. The van der Waals surface area contributed by atoms with Crippen molar-refractivity contribution in [1.82, 2.24) is 0 Å². The molecule has 0 unspecified atom stereocenters. The Morgan fingerprint density at radius 1 is 0.944 bits per heavy atom. The van der Waals surface area contributed by atoms with Crippen molar-refractivity contribution >= 4 is 34.7 Å². The minimum absolute atomic E-state index is 0.00235. The molecule has 2 atom stereocenters. The van der Waals surface area contributed by atoms with Gasteiger partial charge in [-0.3, -0.25) is 14.5 Å². The quantitative estimate of drug-likeness (QED) is 0.455. The van der Waals surface area contributed by atoms with Crippen LogP contribution in [0.3, 0.4) is 0 Å². The normalized spacial score (nSPS) is 19.1. The van der Waals surface area contributed by atoms with E-state index in [9.17, 15) is 9.59 Å². The van der Waals surface area contributed by atoms with Gasteiger partial charge >= 0.3 is 0 Å². The molecule has 5 rings (SSSR count). The fraction of sp³-hybridized carbons (Fsp3) is 0.241. The summed E-state index contributed by atoms with van der Waals surface area (Å²) < 4.78 is 10.9. The average Bonchev–Trinajstić information content (AvgIpc) is 3.03. The van der Waals surface area contributed by atoms with Crippen LogP contribution in [0.1, 0.15) is 42.9 Å². The van der Waals surface area contributed by atoms with Gasteiger partial charge in [-0.2, -0.15) is 0 Å². The van der Waals surface area contributed by atoms with Crippen molar-refractivity contribution in [1.29, 1.82) is 0 Å². The summed E-state index contributed by atoms with van der Waals surface area (Å²) in [6, 6.07) is 20.2. The lowest BCUT2D eigenvalue weighted by Crippen LogP contribution is -2.37. The number of carbonyl (C=O) groups excluding carboxylic acids is 2. The number of allylic oxidation sites excluding steroid dienone is 1. The molecule has 184 valence electrons. The summed E-state index contributed by atoms with van der Waals surface area (Å²) in [5.41, 5.74) is 4.78. The van der Waals surface area contributed by atoms with Gasteiger partial charge in [-0.1, -0.05) is 41.9 Å². The van der Waals surface area contributed by atoms with E-state index in [0.29, 0.717) is 34.9 Å². The number of methoxy groups -OCH3 is 2. The molecule has 0 saturated carbocycles. The van der Waals surface area contributed by atoms with E-state index in [4.69, 9.17) is 21.1 Å². The summed E-state index contributed by atoms with van der Waals surface area (Å²) in [5.74, 6) is 1.08. The number of hydrogen-bond donors (Lipinski definition) is 1. The van der Waals surface area contributed by atoms with E-state index in [0.717, 1.165) is 28.2 Å². The molecule has 1 aliphatic carbocycles. The zero-order valence-electron chi connectivity index (χ0n) is 20.4. The number of halogens is 1. The summed E-state index contributed by atoms with van der Waals surface area (Å²) in [6.45, 7) is 1.53. The van der Waals surface area contributed by atoms with Crippen molar-refractivity contribution in [2.45, 2.75) is 31.7 Å². The van der Waals surface area contributed by atoms with Crippen LogP contribution in [-0.2, 0) is 9.59 Å². The first-order valence-corrected chi connectivity index (χ1v) is 12.2. The Balaban J connectivity index is 1.66. The van der Waals surface area contributed by atoms with Crippen LogP contribution >= 0.6 is 11.6 Å². The molecule has 1 heterocycles. The Morgan fingerprint density at radius 2 is 1.64 bits per heavy atom. The molecule has 3 aromatic carbocycles. The molecule has 0 spiro atoms. The van der Waals surface area contributed by atoms with Gasteiger partial charge in [0.25, 0.3) is 0 Å². The molecule has 0 saturated heterocycles. The minimum Gasteiger partial charge on any atom is -0.493 e. The Labute approximate surface area is 215 Å². The summed E-state index contributed by atoms with van der Waals surface area (Å²) in [5, 5.41) is 4.12. The van der Waals surface area contributed by atoms with Gasteiger partial charge in [-0.15, -0.1) is 0 Å². The van der Waals surface area contributed by atoms with Crippen molar-refractivity contribution in [3.05, 3.63) is 94.1 Å². The molecule has 1 N–H and O–H groups in total. The number of rotatable bonds is 4. The Kier molecular flexibility index (Phi) is 6.46. The molecule has 7 heteroatoms. The molecular formula is C29H27ClN2O4. The van der Waals surface area contributed by atoms with E-state index >= 15 is 0 Å². The van der Waals surface area contributed by atoms with Crippen molar-refractivity contribution in [2.75, 3.05) is 24.4 Å².